The van der Waals surface area contributed by atoms with Gasteiger partial charge in [0.1, 0.15) is 11.6 Å². The van der Waals surface area contributed by atoms with Crippen LogP contribution in [0.4, 0.5) is 5.69 Å². The summed E-state index contributed by atoms with van der Waals surface area (Å²) in [6, 6.07) is 29.6. The highest BCUT2D eigenvalue weighted by atomic mass is 16.3. The molecule has 0 amide bonds. The maximum atomic E-state index is 13.1. The molecule has 6 heteroatoms. The van der Waals surface area contributed by atoms with E-state index in [1.54, 1.807) is 34.9 Å². The molecule has 0 aliphatic heterocycles. The number of nitrogens with zero attached hydrogens (tertiary/aromatic N) is 3. The van der Waals surface area contributed by atoms with Gasteiger partial charge in [-0.05, 0) is 54.4 Å². The molecule has 5 aromatic rings. The second kappa shape index (κ2) is 8.84. The highest BCUT2D eigenvalue weighted by Crippen LogP contribution is 2.30. The second-order valence-corrected chi connectivity index (χ2v) is 8.81. The average molecular weight is 484 g/mol. The molecule has 0 unspecified atom stereocenters. The van der Waals surface area contributed by atoms with Crippen LogP contribution in [-0.4, -0.2) is 26.7 Å². The summed E-state index contributed by atoms with van der Waals surface area (Å²) >= 11 is 0. The molecule has 0 saturated heterocycles. The molecule has 0 atom stereocenters. The summed E-state index contributed by atoms with van der Waals surface area (Å²) in [5.41, 5.74) is 5.18. The molecule has 1 aliphatic carbocycles. The first kappa shape index (κ1) is 22.4. The lowest BCUT2D eigenvalue weighted by atomic mass is 10.0. The van der Waals surface area contributed by atoms with Crippen LogP contribution in [0.5, 0.6) is 0 Å². The van der Waals surface area contributed by atoms with Crippen LogP contribution in [0.1, 0.15) is 21.7 Å². The number of carbonyl (C=O) groups excluding carboxylic acids is 1. The van der Waals surface area contributed by atoms with Crippen LogP contribution in [0.25, 0.3) is 33.5 Å². The van der Waals surface area contributed by atoms with Crippen molar-refractivity contribution in [2.24, 2.45) is 4.99 Å². The number of aliphatic hydroxyl groups is 1. The fourth-order valence-corrected chi connectivity index (χ4v) is 4.63. The molecule has 1 N–H and O–H groups in total. The van der Waals surface area contributed by atoms with Gasteiger partial charge in [0.2, 0.25) is 0 Å². The molecule has 178 valence electrons. The molecule has 1 heterocycles. The summed E-state index contributed by atoms with van der Waals surface area (Å²) < 4.78 is 1.62. The Bertz CT molecular complexity index is 1810. The number of aromatic nitrogens is 2. The molecule has 0 radical (unpaired) electrons. The van der Waals surface area contributed by atoms with E-state index in [4.69, 9.17) is 0 Å². The first-order valence-electron chi connectivity index (χ1n) is 11.8. The Hall–Kier alpha value is -5.10. The van der Waals surface area contributed by atoms with Crippen LogP contribution < -0.4 is 5.56 Å². The first-order chi connectivity index (χ1) is 18.0. The number of hydrogen-bond donors (Lipinski definition) is 1. The smallest absolute Gasteiger partial charge is 0.265 e. The number of Topliss-reactive ketones (excluding diaryl/α,β-unsaturated/α-hetero) is 1. The van der Waals surface area contributed by atoms with Crippen molar-refractivity contribution in [3.63, 3.8) is 0 Å². The Labute approximate surface area is 212 Å². The van der Waals surface area contributed by atoms with Gasteiger partial charge in [0.15, 0.2) is 5.78 Å². The minimum atomic E-state index is -0.232. The standard InChI is InChI=1S/C31H21N3O3/c1-19-33-28-9-5-4-8-26(28)31(37)34(19)23-16-12-21(13-17-23)20-10-14-22(15-11-20)32-18-27-29(35)24-6-2-3-7-25(24)30(27)36/h2-18,35H,1H3. The fraction of sp³-hybridized carbons (Fsp3) is 0.0323. The van der Waals surface area contributed by atoms with Gasteiger partial charge in [-0.25, -0.2) is 4.98 Å². The zero-order valence-electron chi connectivity index (χ0n) is 19.9. The lowest BCUT2D eigenvalue weighted by Gasteiger charge is -2.11. The van der Waals surface area contributed by atoms with Crippen LogP contribution in [0, 0.1) is 6.92 Å². The van der Waals surface area contributed by atoms with Gasteiger partial charge in [-0.15, -0.1) is 0 Å². The summed E-state index contributed by atoms with van der Waals surface area (Å²) in [7, 11) is 0. The summed E-state index contributed by atoms with van der Waals surface area (Å²) in [5, 5.41) is 11.0. The zero-order chi connectivity index (χ0) is 25.5. The molecule has 1 aromatic heterocycles. The number of rotatable bonds is 4. The van der Waals surface area contributed by atoms with Crippen molar-refractivity contribution >= 4 is 34.3 Å². The summed E-state index contributed by atoms with van der Waals surface area (Å²) in [4.78, 5) is 34.6. The van der Waals surface area contributed by atoms with E-state index in [1.807, 2.05) is 73.7 Å². The number of hydrogen-bond acceptors (Lipinski definition) is 5. The number of benzene rings is 4. The molecule has 0 fully saturated rings. The van der Waals surface area contributed by atoms with Crippen LogP contribution in [-0.2, 0) is 0 Å². The van der Waals surface area contributed by atoms with Crippen molar-refractivity contribution in [1.82, 2.24) is 9.55 Å². The van der Waals surface area contributed by atoms with Crippen LogP contribution in [0.15, 0.2) is 112 Å². The number of aliphatic imine (C=N–C) groups is 1. The van der Waals surface area contributed by atoms with E-state index in [9.17, 15) is 14.7 Å². The van der Waals surface area contributed by atoms with Gasteiger partial charge >= 0.3 is 0 Å². The minimum Gasteiger partial charge on any atom is -0.506 e. The Morgan fingerprint density at radius 2 is 1.41 bits per heavy atom. The third-order valence-corrected chi connectivity index (χ3v) is 6.54. The van der Waals surface area contributed by atoms with Gasteiger partial charge in [-0.2, -0.15) is 0 Å². The van der Waals surface area contributed by atoms with Gasteiger partial charge in [0.25, 0.3) is 5.56 Å². The Morgan fingerprint density at radius 1 is 0.784 bits per heavy atom. The monoisotopic (exact) mass is 483 g/mol. The molecule has 6 rings (SSSR count). The van der Waals surface area contributed by atoms with E-state index in [0.29, 0.717) is 33.5 Å². The highest BCUT2D eigenvalue weighted by molar-refractivity contribution is 6.30. The maximum absolute atomic E-state index is 13.1. The summed E-state index contributed by atoms with van der Waals surface area (Å²) in [6.07, 6.45) is 1.42. The number of fused-ring (bicyclic) bond motifs is 2. The average Bonchev–Trinajstić information content (AvgIpc) is 3.17. The molecule has 4 aromatic carbocycles. The molecule has 1 aliphatic rings. The van der Waals surface area contributed by atoms with Crippen molar-refractivity contribution < 1.29 is 9.90 Å². The van der Waals surface area contributed by atoms with Crippen molar-refractivity contribution in [2.75, 3.05) is 0 Å². The van der Waals surface area contributed by atoms with Crippen LogP contribution in [0.3, 0.4) is 0 Å². The molecule has 0 saturated carbocycles. The Balaban J connectivity index is 1.24. The van der Waals surface area contributed by atoms with E-state index in [-0.39, 0.29) is 22.7 Å². The van der Waals surface area contributed by atoms with Crippen molar-refractivity contribution in [2.45, 2.75) is 6.92 Å². The van der Waals surface area contributed by atoms with Crippen LogP contribution >= 0.6 is 0 Å². The molecular formula is C31H21N3O3. The number of para-hydroxylation sites is 1. The zero-order valence-corrected chi connectivity index (χ0v) is 19.9. The number of allylic oxidation sites excluding steroid dienone is 1. The SMILES string of the molecule is Cc1nc2ccccc2c(=O)n1-c1ccc(-c2ccc(N=CC3=C(O)c4ccccc4C3=O)cc2)cc1. The summed E-state index contributed by atoms with van der Waals surface area (Å²) in [5.74, 6) is 0.352. The Kier molecular flexibility index (Phi) is 5.34. The van der Waals surface area contributed by atoms with E-state index in [0.717, 1.165) is 16.8 Å². The summed E-state index contributed by atoms with van der Waals surface area (Å²) in [6.45, 7) is 1.83. The number of carbonyl (C=O) groups is 1. The van der Waals surface area contributed by atoms with Crippen molar-refractivity contribution in [3.05, 3.63) is 130 Å². The molecule has 6 nitrogen and oxygen atoms in total. The van der Waals surface area contributed by atoms with Crippen molar-refractivity contribution in [1.29, 1.82) is 0 Å². The van der Waals surface area contributed by atoms with Gasteiger partial charge in [0.05, 0.1) is 27.9 Å². The van der Waals surface area contributed by atoms with Gasteiger partial charge in [-0.1, -0.05) is 60.7 Å². The topological polar surface area (TPSA) is 84.6 Å². The Morgan fingerprint density at radius 3 is 2.11 bits per heavy atom. The number of ketones is 1. The second-order valence-electron chi connectivity index (χ2n) is 8.81. The molecule has 0 bridgehead atoms. The predicted molar refractivity (Wildman–Crippen MR) is 146 cm³/mol. The van der Waals surface area contributed by atoms with E-state index in [1.165, 1.54) is 6.21 Å². The first-order valence-corrected chi connectivity index (χ1v) is 11.8. The van der Waals surface area contributed by atoms with Crippen LogP contribution in [0.2, 0.25) is 0 Å². The maximum Gasteiger partial charge on any atom is 0.265 e. The number of aryl methyl sites for hydroxylation is 1. The normalized spacial score (nSPS) is 13.1. The minimum absolute atomic E-state index is 0.0444. The molecule has 37 heavy (non-hydrogen) atoms. The number of aliphatic hydroxyl groups excluding tert-OH is 1. The third-order valence-electron chi connectivity index (χ3n) is 6.54. The fourth-order valence-electron chi connectivity index (χ4n) is 4.63. The van der Waals surface area contributed by atoms with E-state index in [2.05, 4.69) is 9.98 Å². The lowest BCUT2D eigenvalue weighted by Crippen LogP contribution is -2.22. The molecule has 0 spiro atoms. The van der Waals surface area contributed by atoms with Gasteiger partial charge < -0.3 is 5.11 Å². The van der Waals surface area contributed by atoms with Crippen molar-refractivity contribution in [3.8, 4) is 16.8 Å². The lowest BCUT2D eigenvalue weighted by molar-refractivity contribution is 0.104. The molecular weight excluding hydrogens is 462 g/mol. The quantitative estimate of drug-likeness (QED) is 0.307. The predicted octanol–water partition coefficient (Wildman–Crippen LogP) is 6.23. The van der Waals surface area contributed by atoms with E-state index >= 15 is 0 Å². The van der Waals surface area contributed by atoms with Gasteiger partial charge in [-0.3, -0.25) is 19.1 Å². The van der Waals surface area contributed by atoms with Gasteiger partial charge in [0, 0.05) is 17.3 Å². The van der Waals surface area contributed by atoms with E-state index < -0.39 is 0 Å². The highest BCUT2D eigenvalue weighted by Gasteiger charge is 2.27. The third kappa shape index (κ3) is 3.85. The largest absolute Gasteiger partial charge is 0.506 e.